The van der Waals surface area contributed by atoms with Crippen LogP contribution in [0.5, 0.6) is 0 Å². The topological polar surface area (TPSA) is 51.8 Å². The quantitative estimate of drug-likeness (QED) is 0.696. The van der Waals surface area contributed by atoms with Crippen LogP contribution < -0.4 is 5.73 Å². The summed E-state index contributed by atoms with van der Waals surface area (Å²) >= 11 is 6.82. The number of hydrogen-bond acceptors (Lipinski definition) is 5. The first-order chi connectivity index (χ1) is 7.65. The summed E-state index contributed by atoms with van der Waals surface area (Å²) < 4.78 is 1.14. The second-order valence-corrected chi connectivity index (χ2v) is 5.99. The third kappa shape index (κ3) is 2.96. The van der Waals surface area contributed by atoms with Crippen LogP contribution in [0.25, 0.3) is 0 Å². The van der Waals surface area contributed by atoms with Crippen LogP contribution in [0, 0.1) is 6.92 Å². The fourth-order valence-corrected chi connectivity index (χ4v) is 3.89. The summed E-state index contributed by atoms with van der Waals surface area (Å²) in [6, 6.07) is 3.82. The number of halogens is 1. The number of nitrogens with two attached hydrogens (primary N) is 1. The highest BCUT2D eigenvalue weighted by Crippen LogP contribution is 2.29. The van der Waals surface area contributed by atoms with Crippen molar-refractivity contribution < 1.29 is 0 Å². The van der Waals surface area contributed by atoms with Crippen LogP contribution >= 0.6 is 39.0 Å². The van der Waals surface area contributed by atoms with Gasteiger partial charge in [0.25, 0.3) is 0 Å². The zero-order valence-electron chi connectivity index (χ0n) is 8.61. The predicted octanol–water partition coefficient (Wildman–Crippen LogP) is 3.48. The van der Waals surface area contributed by atoms with E-state index in [1.807, 2.05) is 13.0 Å². The van der Waals surface area contributed by atoms with Crippen molar-refractivity contribution in [2.75, 3.05) is 5.73 Å². The van der Waals surface area contributed by atoms with Crippen LogP contribution in [-0.2, 0) is 5.75 Å². The highest BCUT2D eigenvalue weighted by molar-refractivity contribution is 9.10. The lowest BCUT2D eigenvalue weighted by atomic mass is 10.4. The summed E-state index contributed by atoms with van der Waals surface area (Å²) in [4.78, 5) is 9.79. The number of nitrogen functional groups attached to an aromatic ring is 1. The molecule has 2 N–H and O–H groups in total. The van der Waals surface area contributed by atoms with Crippen LogP contribution in [0.2, 0.25) is 0 Å². The number of anilines is 1. The Kier molecular flexibility index (Phi) is 3.83. The van der Waals surface area contributed by atoms with Crippen molar-refractivity contribution in [2.24, 2.45) is 0 Å². The lowest BCUT2D eigenvalue weighted by Gasteiger charge is -2.01. The summed E-state index contributed by atoms with van der Waals surface area (Å²) in [6.07, 6.45) is 0. The van der Waals surface area contributed by atoms with E-state index >= 15 is 0 Å². The molecule has 0 spiro atoms. The minimum atomic E-state index is 0.528. The minimum Gasteiger partial charge on any atom is -0.384 e. The molecule has 0 unspecified atom stereocenters. The van der Waals surface area contributed by atoms with E-state index in [0.29, 0.717) is 5.82 Å². The first-order valence-corrected chi connectivity index (χ1v) is 7.27. The van der Waals surface area contributed by atoms with Crippen molar-refractivity contribution in [3.05, 3.63) is 32.6 Å². The maximum absolute atomic E-state index is 5.67. The van der Waals surface area contributed by atoms with Crippen molar-refractivity contribution in [2.45, 2.75) is 17.8 Å². The van der Waals surface area contributed by atoms with Gasteiger partial charge in [-0.25, -0.2) is 9.97 Å². The van der Waals surface area contributed by atoms with Gasteiger partial charge in [0.2, 0.25) is 0 Å². The van der Waals surface area contributed by atoms with Crippen LogP contribution in [-0.4, -0.2) is 9.97 Å². The second kappa shape index (κ2) is 5.16. The normalized spacial score (nSPS) is 10.6. The SMILES string of the molecule is Cc1cc(N)nc(SCc2sccc2Br)n1. The molecule has 0 aliphatic rings. The van der Waals surface area contributed by atoms with Gasteiger partial charge in [0.15, 0.2) is 5.16 Å². The highest BCUT2D eigenvalue weighted by atomic mass is 79.9. The van der Waals surface area contributed by atoms with Gasteiger partial charge in [0, 0.05) is 26.9 Å². The van der Waals surface area contributed by atoms with E-state index in [-0.39, 0.29) is 0 Å². The maximum Gasteiger partial charge on any atom is 0.190 e. The van der Waals surface area contributed by atoms with Crippen molar-refractivity contribution >= 4 is 44.8 Å². The Bertz CT molecular complexity index is 478. The molecular weight excluding hydrogens is 306 g/mol. The van der Waals surface area contributed by atoms with Gasteiger partial charge >= 0.3 is 0 Å². The van der Waals surface area contributed by atoms with E-state index in [9.17, 15) is 0 Å². The Balaban J connectivity index is 2.07. The van der Waals surface area contributed by atoms with Crippen molar-refractivity contribution in [1.29, 1.82) is 0 Å². The molecule has 2 aromatic rings. The number of thioether (sulfide) groups is 1. The molecule has 16 heavy (non-hydrogen) atoms. The summed E-state index contributed by atoms with van der Waals surface area (Å²) in [5, 5.41) is 2.80. The van der Waals surface area contributed by atoms with Crippen LogP contribution in [0.15, 0.2) is 27.1 Å². The third-order valence-corrected chi connectivity index (χ3v) is 4.86. The summed E-state index contributed by atoms with van der Waals surface area (Å²) in [5.41, 5.74) is 6.57. The highest BCUT2D eigenvalue weighted by Gasteiger charge is 2.05. The molecule has 3 nitrogen and oxygen atoms in total. The van der Waals surface area contributed by atoms with Gasteiger partial charge < -0.3 is 5.73 Å². The van der Waals surface area contributed by atoms with E-state index in [2.05, 4.69) is 31.3 Å². The van der Waals surface area contributed by atoms with Crippen LogP contribution in [0.4, 0.5) is 5.82 Å². The van der Waals surface area contributed by atoms with E-state index in [4.69, 9.17) is 5.73 Å². The van der Waals surface area contributed by atoms with Crippen LogP contribution in [0.3, 0.4) is 0 Å². The van der Waals surface area contributed by atoms with E-state index in [1.54, 1.807) is 29.2 Å². The molecular formula is C10H10BrN3S2. The summed E-state index contributed by atoms with van der Waals surface area (Å²) in [5.74, 6) is 1.39. The molecule has 84 valence electrons. The molecule has 2 heterocycles. The van der Waals surface area contributed by atoms with E-state index in [0.717, 1.165) is 21.1 Å². The Hall–Kier alpha value is -0.590. The van der Waals surface area contributed by atoms with Gasteiger partial charge in [0.05, 0.1) is 0 Å². The fraction of sp³-hybridized carbons (Fsp3) is 0.200. The fourth-order valence-electron chi connectivity index (χ4n) is 1.19. The van der Waals surface area contributed by atoms with Gasteiger partial charge in [-0.3, -0.25) is 0 Å². The largest absolute Gasteiger partial charge is 0.384 e. The molecule has 2 rings (SSSR count). The van der Waals surface area contributed by atoms with Crippen molar-refractivity contribution in [3.63, 3.8) is 0 Å². The Morgan fingerprint density at radius 1 is 1.50 bits per heavy atom. The average molecular weight is 316 g/mol. The molecule has 2 aromatic heterocycles. The Morgan fingerprint density at radius 2 is 2.31 bits per heavy atom. The Morgan fingerprint density at radius 3 is 2.94 bits per heavy atom. The van der Waals surface area contributed by atoms with Gasteiger partial charge in [-0.05, 0) is 34.3 Å². The van der Waals surface area contributed by atoms with Gasteiger partial charge in [-0.2, -0.15) is 0 Å². The number of hydrogen-bond donors (Lipinski definition) is 1. The molecule has 0 amide bonds. The van der Waals surface area contributed by atoms with Crippen molar-refractivity contribution in [3.8, 4) is 0 Å². The molecule has 0 saturated carbocycles. The predicted molar refractivity (Wildman–Crippen MR) is 72.8 cm³/mol. The second-order valence-electron chi connectivity index (χ2n) is 3.20. The van der Waals surface area contributed by atoms with E-state index < -0.39 is 0 Å². The monoisotopic (exact) mass is 315 g/mol. The van der Waals surface area contributed by atoms with Crippen molar-refractivity contribution in [1.82, 2.24) is 9.97 Å². The standard InChI is InChI=1S/C10H10BrN3S2/c1-6-4-9(12)14-10(13-6)16-5-8-7(11)2-3-15-8/h2-4H,5H2,1H3,(H2,12,13,14). The average Bonchev–Trinajstić information content (AvgIpc) is 2.59. The summed E-state index contributed by atoms with van der Waals surface area (Å²) in [7, 11) is 0. The molecule has 0 radical (unpaired) electrons. The first-order valence-electron chi connectivity index (χ1n) is 4.61. The van der Waals surface area contributed by atoms with Gasteiger partial charge in [-0.15, -0.1) is 11.3 Å². The third-order valence-electron chi connectivity index (χ3n) is 1.88. The smallest absolute Gasteiger partial charge is 0.190 e. The van der Waals surface area contributed by atoms with Gasteiger partial charge in [0.1, 0.15) is 5.82 Å². The first kappa shape index (κ1) is 11.9. The van der Waals surface area contributed by atoms with Gasteiger partial charge in [-0.1, -0.05) is 11.8 Å². The number of thiophene rings is 1. The molecule has 6 heteroatoms. The molecule has 0 aliphatic carbocycles. The zero-order chi connectivity index (χ0) is 11.5. The Labute approximate surface area is 111 Å². The number of rotatable bonds is 3. The summed E-state index contributed by atoms with van der Waals surface area (Å²) in [6.45, 7) is 1.92. The minimum absolute atomic E-state index is 0.528. The number of aryl methyl sites for hydroxylation is 1. The van der Waals surface area contributed by atoms with Crippen LogP contribution in [0.1, 0.15) is 10.6 Å². The molecule has 0 saturated heterocycles. The number of aromatic nitrogens is 2. The molecule has 0 aliphatic heterocycles. The molecule has 0 atom stereocenters. The lowest BCUT2D eigenvalue weighted by molar-refractivity contribution is 0.940. The maximum atomic E-state index is 5.67. The molecule has 0 bridgehead atoms. The van der Waals surface area contributed by atoms with E-state index in [1.165, 1.54) is 4.88 Å². The molecule has 0 fully saturated rings. The molecule has 0 aromatic carbocycles. The number of nitrogens with zero attached hydrogens (tertiary/aromatic N) is 2. The zero-order valence-corrected chi connectivity index (χ0v) is 11.8. The lowest BCUT2D eigenvalue weighted by Crippen LogP contribution is -1.96.